The van der Waals surface area contributed by atoms with E-state index in [9.17, 15) is 92.9 Å². The Balaban J connectivity index is 1.35. The minimum Gasteiger partial charge on any atom is -0.507 e. The summed E-state index contributed by atoms with van der Waals surface area (Å²) in [4.78, 5) is 27.4. The van der Waals surface area contributed by atoms with Crippen molar-refractivity contribution in [3.8, 4) is 34.5 Å². The first kappa shape index (κ1) is 52.2. The lowest BCUT2D eigenvalue weighted by Crippen LogP contribution is -2.54. The SMILES string of the molecule is Cc1cc(Cc2cc(C)cc(C(=O)Nc3cc(C(c4ccc(O)c(N)c4)(C(F)(F)F)C(F)(F)F)ccc3O)c2O)c(O)c(C(=O)Nc2cc(C(c3ccc(O)c(N)c3)(C(F)(F)F)C(F)(F)F)ccc2O)c1. The largest absolute Gasteiger partial charge is 0.507 e. The van der Waals surface area contributed by atoms with Gasteiger partial charge in [-0.05, 0) is 119 Å². The number of nitrogens with two attached hydrogens (primary N) is 2. The van der Waals surface area contributed by atoms with Crippen LogP contribution in [0.4, 0.5) is 75.4 Å². The highest BCUT2D eigenvalue weighted by Crippen LogP contribution is 2.59. The van der Waals surface area contributed by atoms with Gasteiger partial charge < -0.3 is 52.7 Å². The van der Waals surface area contributed by atoms with Crippen molar-refractivity contribution in [2.24, 2.45) is 0 Å². The van der Waals surface area contributed by atoms with E-state index in [0.29, 0.717) is 48.5 Å². The Kier molecular flexibility index (Phi) is 13.2. The number of rotatable bonds is 10. The van der Waals surface area contributed by atoms with Gasteiger partial charge in [-0.1, -0.05) is 36.4 Å². The molecule has 0 spiro atoms. The van der Waals surface area contributed by atoms with Crippen LogP contribution < -0.4 is 22.1 Å². The lowest BCUT2D eigenvalue weighted by atomic mass is 9.72. The van der Waals surface area contributed by atoms with E-state index in [4.69, 9.17) is 11.5 Å². The number of phenolic OH excluding ortho intramolecular Hbond substituents is 6. The van der Waals surface area contributed by atoms with Gasteiger partial charge in [0.25, 0.3) is 11.8 Å². The molecule has 0 saturated carbocycles. The number of hydrogen-bond acceptors (Lipinski definition) is 10. The highest BCUT2D eigenvalue weighted by Gasteiger charge is 2.74. The zero-order valence-electron chi connectivity index (χ0n) is 36.1. The fraction of sp³-hybridized carbons (Fsp3) is 0.191. The van der Waals surface area contributed by atoms with E-state index < -0.39 is 144 Å². The fourth-order valence-electron chi connectivity index (χ4n) is 8.19. The Morgan fingerprint density at radius 2 is 0.718 bits per heavy atom. The van der Waals surface area contributed by atoms with Gasteiger partial charge in [0.15, 0.2) is 0 Å². The average molecular weight is 1010 g/mol. The van der Waals surface area contributed by atoms with Crippen molar-refractivity contribution < 1.29 is 92.9 Å². The van der Waals surface area contributed by atoms with Crippen molar-refractivity contribution in [1.82, 2.24) is 0 Å². The molecule has 0 aliphatic heterocycles. The van der Waals surface area contributed by atoms with Crippen LogP contribution in [0, 0.1) is 13.8 Å². The van der Waals surface area contributed by atoms with Crippen molar-refractivity contribution in [2.75, 3.05) is 22.1 Å². The van der Waals surface area contributed by atoms with Gasteiger partial charge in [0.05, 0.1) is 33.9 Å². The normalized spacial score (nSPS) is 12.7. The summed E-state index contributed by atoms with van der Waals surface area (Å²) in [5.41, 5.74) is -10.0. The molecule has 0 aliphatic carbocycles. The quantitative estimate of drug-likeness (QED) is 0.0354. The number of benzene rings is 6. The zero-order valence-corrected chi connectivity index (χ0v) is 36.1. The summed E-state index contributed by atoms with van der Waals surface area (Å²) in [5.74, 6) is -8.32. The number of alkyl halides is 12. The van der Waals surface area contributed by atoms with Gasteiger partial charge >= 0.3 is 24.7 Å². The third-order valence-corrected chi connectivity index (χ3v) is 11.5. The zero-order chi connectivity index (χ0) is 53.1. The summed E-state index contributed by atoms with van der Waals surface area (Å²) >= 11 is 0. The lowest BCUT2D eigenvalue weighted by Gasteiger charge is -2.38. The van der Waals surface area contributed by atoms with Crippen LogP contribution in [0.3, 0.4) is 0 Å². The summed E-state index contributed by atoms with van der Waals surface area (Å²) in [5, 5.41) is 67.3. The molecule has 0 bridgehead atoms. The van der Waals surface area contributed by atoms with E-state index in [2.05, 4.69) is 0 Å². The molecule has 12 N–H and O–H groups in total. The van der Waals surface area contributed by atoms with E-state index >= 15 is 0 Å². The maximum absolute atomic E-state index is 14.9. The first-order valence-corrected chi connectivity index (χ1v) is 20.1. The van der Waals surface area contributed by atoms with Gasteiger partial charge in [-0.3, -0.25) is 9.59 Å². The third kappa shape index (κ3) is 9.11. The molecular formula is C47H36F12N4O8. The van der Waals surface area contributed by atoms with E-state index in [1.54, 1.807) is 0 Å². The van der Waals surface area contributed by atoms with Gasteiger partial charge in [-0.25, -0.2) is 0 Å². The number of carbonyl (C=O) groups excluding carboxylic acids is 2. The molecule has 12 nitrogen and oxygen atoms in total. The average Bonchev–Trinajstić information content (AvgIpc) is 3.23. The molecule has 0 saturated heterocycles. The topological polar surface area (TPSA) is 232 Å². The first-order chi connectivity index (χ1) is 32.7. The molecule has 0 unspecified atom stereocenters. The molecule has 0 fully saturated rings. The number of carbonyl (C=O) groups is 2. The van der Waals surface area contributed by atoms with Gasteiger partial charge in [0.1, 0.15) is 34.5 Å². The molecule has 24 heteroatoms. The lowest BCUT2D eigenvalue weighted by molar-refractivity contribution is -0.290. The van der Waals surface area contributed by atoms with Crippen LogP contribution in [-0.4, -0.2) is 67.2 Å². The van der Waals surface area contributed by atoms with Crippen molar-refractivity contribution >= 4 is 34.6 Å². The summed E-state index contributed by atoms with van der Waals surface area (Å²) < 4.78 is 178. The number of anilines is 4. The number of aryl methyl sites for hydroxylation is 2. The van der Waals surface area contributed by atoms with Crippen LogP contribution >= 0.6 is 0 Å². The second-order valence-electron chi connectivity index (χ2n) is 16.2. The number of phenols is 6. The predicted octanol–water partition coefficient (Wildman–Crippen LogP) is 10.6. The third-order valence-electron chi connectivity index (χ3n) is 11.5. The number of halogens is 12. The number of nitrogens with one attached hydrogen (secondary N) is 2. The molecule has 2 amide bonds. The minimum atomic E-state index is -6.17. The maximum atomic E-state index is 14.9. The Labute approximate surface area is 392 Å². The van der Waals surface area contributed by atoms with E-state index in [1.165, 1.54) is 26.0 Å². The Morgan fingerprint density at radius 1 is 0.437 bits per heavy atom. The van der Waals surface area contributed by atoms with Crippen molar-refractivity contribution in [2.45, 2.75) is 55.8 Å². The Bertz CT molecular complexity index is 2860. The van der Waals surface area contributed by atoms with Crippen molar-refractivity contribution in [1.29, 1.82) is 0 Å². The van der Waals surface area contributed by atoms with Crippen molar-refractivity contribution in [3.63, 3.8) is 0 Å². The molecule has 71 heavy (non-hydrogen) atoms. The van der Waals surface area contributed by atoms with Crippen LogP contribution in [0.5, 0.6) is 34.5 Å². The van der Waals surface area contributed by atoms with Crippen molar-refractivity contribution in [3.05, 3.63) is 153 Å². The van der Waals surface area contributed by atoms with Crippen LogP contribution in [-0.2, 0) is 17.3 Å². The van der Waals surface area contributed by atoms with Crippen LogP contribution in [0.2, 0.25) is 0 Å². The monoisotopic (exact) mass is 1010 g/mol. The molecule has 0 aliphatic rings. The van der Waals surface area contributed by atoms with E-state index in [-0.39, 0.29) is 46.5 Å². The second-order valence-corrected chi connectivity index (χ2v) is 16.2. The van der Waals surface area contributed by atoms with Gasteiger partial charge in [-0.15, -0.1) is 0 Å². The number of hydrogen-bond donors (Lipinski definition) is 10. The highest BCUT2D eigenvalue weighted by atomic mass is 19.4. The van der Waals surface area contributed by atoms with E-state index in [0.717, 1.165) is 12.1 Å². The van der Waals surface area contributed by atoms with Crippen LogP contribution in [0.1, 0.15) is 65.2 Å². The first-order valence-electron chi connectivity index (χ1n) is 20.1. The summed E-state index contributed by atoms with van der Waals surface area (Å²) in [6.45, 7) is 2.75. The second kappa shape index (κ2) is 18.0. The molecule has 0 atom stereocenters. The smallest absolute Gasteiger partial charge is 0.411 e. The standard InChI is InChI=1S/C47H36F12N4O8/c1-20-11-22(38(68)28(13-20)40(70)62-32-18-26(5-9-36(32)66)42(44(48,49)50,45(51,52)53)24-3-7-34(64)30(60)16-24)15-23-12-21(2)14-29(39(23)69)41(71)63-33-19-27(6-10-37(33)67)43(46(54,55)56,47(57,58)59)25-4-8-35(65)31(61)17-25/h3-14,16-19,64-69H,15,60-61H2,1-2H3,(H,62,70)(H,63,71). The van der Waals surface area contributed by atoms with E-state index in [1.807, 2.05) is 10.6 Å². The summed E-state index contributed by atoms with van der Waals surface area (Å²) in [6.07, 6.45) is -25.3. The Hall–Kier alpha value is -8.18. The Morgan fingerprint density at radius 3 is 1.00 bits per heavy atom. The van der Waals surface area contributed by atoms with Gasteiger partial charge in [0, 0.05) is 6.42 Å². The van der Waals surface area contributed by atoms with Gasteiger partial charge in [-0.2, -0.15) is 52.7 Å². The number of amides is 2. The maximum Gasteiger partial charge on any atom is 0.411 e. The fourth-order valence-corrected chi connectivity index (χ4v) is 8.19. The van der Waals surface area contributed by atoms with Gasteiger partial charge in [0.2, 0.25) is 10.8 Å². The van der Waals surface area contributed by atoms with Crippen LogP contribution in [0.15, 0.2) is 97.1 Å². The molecule has 0 heterocycles. The summed E-state index contributed by atoms with van der Waals surface area (Å²) in [6, 6.07) is 8.59. The summed E-state index contributed by atoms with van der Waals surface area (Å²) in [7, 11) is 0. The molecular weight excluding hydrogens is 977 g/mol. The number of nitrogen functional groups attached to an aromatic ring is 2. The molecule has 6 aromatic carbocycles. The minimum absolute atomic E-state index is 0.170. The molecule has 376 valence electrons. The van der Waals surface area contributed by atoms with Crippen LogP contribution in [0.25, 0.3) is 0 Å². The molecule has 6 aromatic rings. The molecule has 6 rings (SSSR count). The predicted molar refractivity (Wildman–Crippen MR) is 231 cm³/mol. The number of aromatic hydroxyl groups is 6. The molecule has 0 aromatic heterocycles. The molecule has 0 radical (unpaired) electrons. The highest BCUT2D eigenvalue weighted by molar-refractivity contribution is 6.08.